The summed E-state index contributed by atoms with van der Waals surface area (Å²) >= 11 is 5.98. The summed E-state index contributed by atoms with van der Waals surface area (Å²) in [6.45, 7) is 0.0440. The van der Waals surface area contributed by atoms with Crippen LogP contribution in [0.5, 0.6) is 0 Å². The maximum atomic E-state index is 9.10. The number of nitrogens with zero attached hydrogens (tertiary/aromatic N) is 1. The van der Waals surface area contributed by atoms with Crippen molar-refractivity contribution in [1.82, 2.24) is 0 Å². The van der Waals surface area contributed by atoms with Crippen molar-refractivity contribution < 1.29 is 9.52 Å². The lowest BCUT2D eigenvalue weighted by Gasteiger charge is -2.17. The Balaban J connectivity index is 2.18. The fraction of sp³-hybridized carbons (Fsp3) is 0.214. The standard InChI is InChI=1S/C14H13ClN2O2/c15-12-8-11(4-3-10(12)9-16)17-13(5-6-18)14-2-1-7-19-14/h1-4,7-8,13,17-18H,5-6H2. The summed E-state index contributed by atoms with van der Waals surface area (Å²) in [7, 11) is 0. The minimum Gasteiger partial charge on any atom is -0.467 e. The first-order chi connectivity index (χ1) is 9.24. The number of hydrogen-bond acceptors (Lipinski definition) is 4. The van der Waals surface area contributed by atoms with Crippen LogP contribution in [0.15, 0.2) is 41.0 Å². The molecule has 0 saturated carbocycles. The lowest BCUT2D eigenvalue weighted by molar-refractivity contribution is 0.273. The number of benzene rings is 1. The molecule has 0 bridgehead atoms. The van der Waals surface area contributed by atoms with Crippen LogP contribution in [0.3, 0.4) is 0 Å². The Kier molecular flexibility index (Phi) is 4.45. The zero-order chi connectivity index (χ0) is 13.7. The minimum atomic E-state index is -0.135. The zero-order valence-corrected chi connectivity index (χ0v) is 10.9. The van der Waals surface area contributed by atoms with Crippen molar-refractivity contribution in [2.24, 2.45) is 0 Å². The van der Waals surface area contributed by atoms with E-state index >= 15 is 0 Å². The van der Waals surface area contributed by atoms with E-state index in [1.807, 2.05) is 12.1 Å². The largest absolute Gasteiger partial charge is 0.467 e. The van der Waals surface area contributed by atoms with Crippen LogP contribution in [0.1, 0.15) is 23.8 Å². The van der Waals surface area contributed by atoms with Crippen LogP contribution in [0.4, 0.5) is 5.69 Å². The van der Waals surface area contributed by atoms with Gasteiger partial charge in [-0.15, -0.1) is 0 Å². The summed E-state index contributed by atoms with van der Waals surface area (Å²) in [6, 6.07) is 10.6. The molecule has 5 heteroatoms. The third kappa shape index (κ3) is 3.28. The number of aliphatic hydroxyl groups excluding tert-OH is 1. The molecule has 2 rings (SSSR count). The highest BCUT2D eigenvalue weighted by molar-refractivity contribution is 6.32. The number of anilines is 1. The summed E-state index contributed by atoms with van der Waals surface area (Å²) in [6.07, 6.45) is 2.11. The van der Waals surface area contributed by atoms with Crippen LogP contribution in [-0.4, -0.2) is 11.7 Å². The molecule has 1 atom stereocenters. The average Bonchev–Trinajstić information content (AvgIpc) is 2.92. The molecule has 4 nitrogen and oxygen atoms in total. The molecule has 1 unspecified atom stereocenters. The molecule has 0 spiro atoms. The molecule has 0 saturated heterocycles. The molecule has 1 heterocycles. The van der Waals surface area contributed by atoms with Crippen molar-refractivity contribution in [3.05, 3.63) is 52.9 Å². The highest BCUT2D eigenvalue weighted by Crippen LogP contribution is 2.26. The van der Waals surface area contributed by atoms with Crippen LogP contribution in [0.2, 0.25) is 5.02 Å². The second kappa shape index (κ2) is 6.28. The maximum Gasteiger partial charge on any atom is 0.126 e. The van der Waals surface area contributed by atoms with Crippen molar-refractivity contribution >= 4 is 17.3 Å². The molecule has 0 aliphatic carbocycles. The van der Waals surface area contributed by atoms with Gasteiger partial charge in [-0.05, 0) is 36.8 Å². The normalized spacial score (nSPS) is 11.8. The third-order valence-electron chi connectivity index (χ3n) is 2.73. The summed E-state index contributed by atoms with van der Waals surface area (Å²) < 4.78 is 5.34. The quantitative estimate of drug-likeness (QED) is 0.879. The van der Waals surface area contributed by atoms with E-state index in [0.29, 0.717) is 17.0 Å². The zero-order valence-electron chi connectivity index (χ0n) is 10.1. The van der Waals surface area contributed by atoms with Crippen molar-refractivity contribution in [2.45, 2.75) is 12.5 Å². The predicted molar refractivity (Wildman–Crippen MR) is 72.9 cm³/mol. The van der Waals surface area contributed by atoms with E-state index in [-0.39, 0.29) is 12.6 Å². The third-order valence-corrected chi connectivity index (χ3v) is 3.05. The molecule has 2 N–H and O–H groups in total. The first-order valence-electron chi connectivity index (χ1n) is 5.85. The topological polar surface area (TPSA) is 69.2 Å². The smallest absolute Gasteiger partial charge is 0.126 e. The molecule has 2 aromatic rings. The van der Waals surface area contributed by atoms with Gasteiger partial charge in [0.25, 0.3) is 0 Å². The molecule has 0 amide bonds. The molecule has 1 aromatic carbocycles. The molecule has 1 aromatic heterocycles. The Labute approximate surface area is 116 Å². The Morgan fingerprint density at radius 2 is 2.26 bits per heavy atom. The van der Waals surface area contributed by atoms with Gasteiger partial charge in [0.15, 0.2) is 0 Å². The highest BCUT2D eigenvalue weighted by atomic mass is 35.5. The van der Waals surface area contributed by atoms with Crippen molar-refractivity contribution in [2.75, 3.05) is 11.9 Å². The minimum absolute atomic E-state index is 0.0440. The average molecular weight is 277 g/mol. The molecule has 0 radical (unpaired) electrons. The molecule has 98 valence electrons. The second-order valence-electron chi connectivity index (χ2n) is 4.03. The lowest BCUT2D eigenvalue weighted by Crippen LogP contribution is -2.11. The maximum absolute atomic E-state index is 9.10. The number of aliphatic hydroxyl groups is 1. The summed E-state index contributed by atoms with van der Waals surface area (Å²) in [5.74, 6) is 0.745. The van der Waals surface area contributed by atoms with E-state index in [4.69, 9.17) is 26.4 Å². The number of rotatable bonds is 5. The first kappa shape index (κ1) is 13.5. The van der Waals surface area contributed by atoms with E-state index in [9.17, 15) is 0 Å². The monoisotopic (exact) mass is 276 g/mol. The first-order valence-corrected chi connectivity index (χ1v) is 6.23. The molecule has 0 aliphatic rings. The van der Waals surface area contributed by atoms with Crippen LogP contribution >= 0.6 is 11.6 Å². The van der Waals surface area contributed by atoms with Gasteiger partial charge in [-0.1, -0.05) is 11.6 Å². The van der Waals surface area contributed by atoms with E-state index in [1.165, 1.54) is 0 Å². The van der Waals surface area contributed by atoms with Gasteiger partial charge in [-0.3, -0.25) is 0 Å². The van der Waals surface area contributed by atoms with Crippen molar-refractivity contribution in [3.8, 4) is 6.07 Å². The molecule has 0 fully saturated rings. The number of nitrogens with one attached hydrogen (secondary N) is 1. The lowest BCUT2D eigenvalue weighted by atomic mass is 10.1. The summed E-state index contributed by atoms with van der Waals surface area (Å²) in [5.41, 5.74) is 1.21. The van der Waals surface area contributed by atoms with Crippen molar-refractivity contribution in [3.63, 3.8) is 0 Å². The van der Waals surface area contributed by atoms with Gasteiger partial charge in [-0.2, -0.15) is 5.26 Å². The van der Waals surface area contributed by atoms with Gasteiger partial charge in [0.2, 0.25) is 0 Å². The van der Waals surface area contributed by atoms with Crippen molar-refractivity contribution in [1.29, 1.82) is 5.26 Å². The Bertz CT molecular complexity index is 576. The van der Waals surface area contributed by atoms with Gasteiger partial charge in [0.1, 0.15) is 11.8 Å². The van der Waals surface area contributed by atoms with Crippen LogP contribution in [0.25, 0.3) is 0 Å². The Hall–Kier alpha value is -1.96. The van der Waals surface area contributed by atoms with E-state index in [1.54, 1.807) is 30.5 Å². The SMILES string of the molecule is N#Cc1ccc(NC(CCO)c2ccco2)cc1Cl. The van der Waals surface area contributed by atoms with Gasteiger partial charge in [0, 0.05) is 12.3 Å². The number of nitriles is 1. The van der Waals surface area contributed by atoms with Crippen LogP contribution < -0.4 is 5.32 Å². The summed E-state index contributed by atoms with van der Waals surface area (Å²) in [5, 5.41) is 21.5. The molecular weight excluding hydrogens is 264 g/mol. The number of halogens is 1. The molecular formula is C14H13ClN2O2. The second-order valence-corrected chi connectivity index (χ2v) is 4.44. The van der Waals surface area contributed by atoms with Gasteiger partial charge in [0.05, 0.1) is 22.9 Å². The van der Waals surface area contributed by atoms with E-state index in [2.05, 4.69) is 5.32 Å². The molecule has 0 aliphatic heterocycles. The van der Waals surface area contributed by atoms with Crippen LogP contribution in [-0.2, 0) is 0 Å². The van der Waals surface area contributed by atoms with E-state index < -0.39 is 0 Å². The Morgan fingerprint density at radius 1 is 1.42 bits per heavy atom. The van der Waals surface area contributed by atoms with Gasteiger partial charge < -0.3 is 14.8 Å². The van der Waals surface area contributed by atoms with Gasteiger partial charge >= 0.3 is 0 Å². The highest BCUT2D eigenvalue weighted by Gasteiger charge is 2.14. The Morgan fingerprint density at radius 3 is 2.84 bits per heavy atom. The van der Waals surface area contributed by atoms with Crippen LogP contribution in [0, 0.1) is 11.3 Å². The fourth-order valence-electron chi connectivity index (χ4n) is 1.80. The summed E-state index contributed by atoms with van der Waals surface area (Å²) in [4.78, 5) is 0. The van der Waals surface area contributed by atoms with E-state index in [0.717, 1.165) is 11.4 Å². The fourth-order valence-corrected chi connectivity index (χ4v) is 2.02. The number of furan rings is 1. The molecule has 19 heavy (non-hydrogen) atoms. The number of hydrogen-bond donors (Lipinski definition) is 2. The van der Waals surface area contributed by atoms with Gasteiger partial charge in [-0.25, -0.2) is 0 Å². The predicted octanol–water partition coefficient (Wildman–Crippen LogP) is 3.34.